The third-order valence-corrected chi connectivity index (χ3v) is 6.91. The Labute approximate surface area is 206 Å². The van der Waals surface area contributed by atoms with E-state index in [0.717, 1.165) is 16.4 Å². The van der Waals surface area contributed by atoms with E-state index >= 15 is 0 Å². The van der Waals surface area contributed by atoms with E-state index in [-0.39, 0.29) is 23.1 Å². The van der Waals surface area contributed by atoms with Crippen LogP contribution in [0.2, 0.25) is 0 Å². The fourth-order valence-electron chi connectivity index (χ4n) is 3.36. The smallest absolute Gasteiger partial charge is 0.264 e. The topological polar surface area (TPSA) is 116 Å². The Morgan fingerprint density at radius 2 is 1.75 bits per heavy atom. The molecule has 0 unspecified atom stereocenters. The Kier molecular flexibility index (Phi) is 7.25. The highest BCUT2D eigenvalue weighted by Crippen LogP contribution is 2.33. The summed E-state index contributed by atoms with van der Waals surface area (Å²) in [5.41, 5.74) is 3.03. The molecule has 1 heterocycles. The van der Waals surface area contributed by atoms with E-state index in [1.165, 1.54) is 50.8 Å². The molecule has 3 aromatic carbocycles. The molecule has 0 atom stereocenters. The van der Waals surface area contributed by atoms with Crippen molar-refractivity contribution in [3.05, 3.63) is 72.0 Å². The molecule has 4 rings (SSSR count). The lowest BCUT2D eigenvalue weighted by molar-refractivity contribution is -0.119. The Hall–Kier alpha value is -4.32. The lowest BCUT2D eigenvalue weighted by Gasteiger charge is -2.24. The normalized spacial score (nSPS) is 12.4. The number of carbonyl (C=O) groups excluding carboxylic acids is 1. The first-order valence-corrected chi connectivity index (χ1v) is 12.0. The van der Waals surface area contributed by atoms with Crippen molar-refractivity contribution >= 4 is 27.8 Å². The Balaban J connectivity index is 1.57. The van der Waals surface area contributed by atoms with Gasteiger partial charge in [-0.25, -0.2) is 18.2 Å². The Morgan fingerprint density at radius 3 is 2.47 bits per heavy atom. The van der Waals surface area contributed by atoms with Gasteiger partial charge in [0.2, 0.25) is 6.79 Å². The Bertz CT molecular complexity index is 1400. The van der Waals surface area contributed by atoms with E-state index < -0.39 is 28.3 Å². The molecule has 0 aliphatic carbocycles. The zero-order valence-electron chi connectivity index (χ0n) is 19.3. The molecule has 0 saturated heterocycles. The first-order valence-electron chi connectivity index (χ1n) is 10.5. The third kappa shape index (κ3) is 5.33. The minimum Gasteiger partial charge on any atom is -0.493 e. The summed E-state index contributed by atoms with van der Waals surface area (Å²) in [6, 6.07) is 13.9. The second kappa shape index (κ2) is 10.5. The van der Waals surface area contributed by atoms with Crippen LogP contribution in [0.5, 0.6) is 23.0 Å². The van der Waals surface area contributed by atoms with E-state index in [2.05, 4.69) is 10.5 Å². The molecule has 1 aliphatic rings. The fourth-order valence-corrected chi connectivity index (χ4v) is 4.80. The summed E-state index contributed by atoms with van der Waals surface area (Å²) in [5, 5.41) is 3.89. The minimum absolute atomic E-state index is 0.0843. The lowest BCUT2D eigenvalue weighted by Crippen LogP contribution is -2.39. The van der Waals surface area contributed by atoms with Gasteiger partial charge in [0.1, 0.15) is 12.4 Å². The zero-order valence-corrected chi connectivity index (χ0v) is 20.1. The Morgan fingerprint density at radius 1 is 1.03 bits per heavy atom. The number of halogens is 1. The predicted octanol–water partition coefficient (Wildman–Crippen LogP) is 2.92. The van der Waals surface area contributed by atoms with Crippen molar-refractivity contribution in [2.75, 3.05) is 31.9 Å². The second-order valence-corrected chi connectivity index (χ2v) is 9.27. The second-order valence-electron chi connectivity index (χ2n) is 7.41. The van der Waals surface area contributed by atoms with Crippen molar-refractivity contribution in [1.82, 2.24) is 5.43 Å². The molecular formula is C24H22FN3O7S. The molecule has 0 fully saturated rings. The van der Waals surface area contributed by atoms with Gasteiger partial charge < -0.3 is 18.9 Å². The summed E-state index contributed by atoms with van der Waals surface area (Å²) in [4.78, 5) is 12.5. The first kappa shape index (κ1) is 24.8. The number of rotatable bonds is 9. The van der Waals surface area contributed by atoms with Crippen LogP contribution in [0, 0.1) is 5.82 Å². The van der Waals surface area contributed by atoms with Crippen molar-refractivity contribution < 1.29 is 36.6 Å². The molecule has 12 heteroatoms. The molecule has 10 nitrogen and oxygen atoms in total. The number of nitrogens with one attached hydrogen (secondary N) is 1. The van der Waals surface area contributed by atoms with Crippen LogP contribution in [-0.4, -0.2) is 48.1 Å². The molecule has 188 valence electrons. The van der Waals surface area contributed by atoms with E-state index in [9.17, 15) is 17.6 Å². The molecule has 0 bridgehead atoms. The summed E-state index contributed by atoms with van der Waals surface area (Å²) >= 11 is 0. The largest absolute Gasteiger partial charge is 0.493 e. The number of amides is 1. The van der Waals surface area contributed by atoms with E-state index in [1.807, 2.05) is 0 Å². The van der Waals surface area contributed by atoms with Gasteiger partial charge in [-0.1, -0.05) is 0 Å². The average Bonchev–Trinajstić information content (AvgIpc) is 3.35. The van der Waals surface area contributed by atoms with Crippen LogP contribution in [0.25, 0.3) is 0 Å². The molecule has 0 radical (unpaired) electrons. The van der Waals surface area contributed by atoms with Crippen molar-refractivity contribution in [2.24, 2.45) is 5.10 Å². The number of hydrogen-bond donors (Lipinski definition) is 1. The van der Waals surface area contributed by atoms with Crippen molar-refractivity contribution in [3.63, 3.8) is 0 Å². The number of fused-ring (bicyclic) bond motifs is 1. The molecule has 0 aromatic heterocycles. The van der Waals surface area contributed by atoms with E-state index in [4.69, 9.17) is 18.9 Å². The molecule has 1 aliphatic heterocycles. The maximum Gasteiger partial charge on any atom is 0.264 e. The third-order valence-electron chi connectivity index (χ3n) is 5.14. The molecule has 0 saturated carbocycles. The van der Waals surface area contributed by atoms with Gasteiger partial charge in [0, 0.05) is 6.07 Å². The number of methoxy groups -OCH3 is 2. The van der Waals surface area contributed by atoms with Crippen LogP contribution >= 0.6 is 0 Å². The highest BCUT2D eigenvalue weighted by atomic mass is 32.2. The molecule has 1 N–H and O–H groups in total. The van der Waals surface area contributed by atoms with Crippen molar-refractivity contribution in [2.45, 2.75) is 4.90 Å². The summed E-state index contributed by atoms with van der Waals surface area (Å²) in [5.74, 6) is 0.399. The molecule has 36 heavy (non-hydrogen) atoms. The van der Waals surface area contributed by atoms with E-state index in [1.54, 1.807) is 18.2 Å². The average molecular weight is 516 g/mol. The van der Waals surface area contributed by atoms with Gasteiger partial charge in [-0.15, -0.1) is 0 Å². The summed E-state index contributed by atoms with van der Waals surface area (Å²) in [6.45, 7) is -0.499. The lowest BCUT2D eigenvalue weighted by atomic mass is 10.2. The quantitative estimate of drug-likeness (QED) is 0.344. The number of anilines is 1. The SMILES string of the molecule is COc1ccc(S(=O)(=O)N(CC(=O)N/N=C\c2ccc3c(c2)OCO3)c2ccc(F)cc2)cc1OC. The van der Waals surface area contributed by atoms with Crippen LogP contribution in [0.3, 0.4) is 0 Å². The predicted molar refractivity (Wildman–Crippen MR) is 129 cm³/mol. The number of carbonyl (C=O) groups is 1. The standard InChI is InChI=1S/C24H22FN3O7S/c1-32-20-10-8-19(12-22(20)33-2)36(30,31)28(18-6-4-17(25)5-7-18)14-24(29)27-26-13-16-3-9-21-23(11-16)35-15-34-21/h3-13H,14-15H2,1-2H3,(H,27,29)/b26-13-. The van der Waals surface area contributed by atoms with E-state index in [0.29, 0.717) is 22.8 Å². The van der Waals surface area contributed by atoms with Gasteiger partial charge in [0.15, 0.2) is 23.0 Å². The number of hydrogen-bond acceptors (Lipinski definition) is 8. The van der Waals surface area contributed by atoms with Gasteiger partial charge in [-0.05, 0) is 60.2 Å². The monoisotopic (exact) mass is 515 g/mol. The zero-order chi connectivity index (χ0) is 25.7. The number of benzene rings is 3. The first-order chi connectivity index (χ1) is 17.3. The van der Waals surface area contributed by atoms with Crippen LogP contribution in [0.4, 0.5) is 10.1 Å². The molecule has 0 spiro atoms. The molecular weight excluding hydrogens is 493 g/mol. The van der Waals surface area contributed by atoms with Crippen LogP contribution in [0.15, 0.2) is 70.7 Å². The highest BCUT2D eigenvalue weighted by molar-refractivity contribution is 7.92. The highest BCUT2D eigenvalue weighted by Gasteiger charge is 2.28. The van der Waals surface area contributed by atoms with Crippen molar-refractivity contribution in [1.29, 1.82) is 0 Å². The van der Waals surface area contributed by atoms with Gasteiger partial charge >= 0.3 is 0 Å². The maximum absolute atomic E-state index is 13.5. The number of hydrazone groups is 1. The summed E-state index contributed by atoms with van der Waals surface area (Å²) in [7, 11) is -1.48. The van der Waals surface area contributed by atoms with Gasteiger partial charge in [0.05, 0.1) is 31.0 Å². The van der Waals surface area contributed by atoms with Crippen LogP contribution in [-0.2, 0) is 14.8 Å². The van der Waals surface area contributed by atoms with Gasteiger partial charge in [0.25, 0.3) is 15.9 Å². The fraction of sp³-hybridized carbons (Fsp3) is 0.167. The number of sulfonamides is 1. The molecule has 3 aromatic rings. The van der Waals surface area contributed by atoms with Gasteiger partial charge in [-0.2, -0.15) is 5.10 Å². The van der Waals surface area contributed by atoms with Gasteiger partial charge in [-0.3, -0.25) is 9.10 Å². The minimum atomic E-state index is -4.27. The molecule has 1 amide bonds. The van der Waals surface area contributed by atoms with Crippen LogP contribution in [0.1, 0.15) is 5.56 Å². The summed E-state index contributed by atoms with van der Waals surface area (Å²) in [6.07, 6.45) is 1.38. The van der Waals surface area contributed by atoms with Crippen molar-refractivity contribution in [3.8, 4) is 23.0 Å². The maximum atomic E-state index is 13.5. The number of nitrogens with zero attached hydrogens (tertiary/aromatic N) is 2. The summed E-state index contributed by atoms with van der Waals surface area (Å²) < 4.78 is 62.3. The number of ether oxygens (including phenoxy) is 4. The van der Waals surface area contributed by atoms with Crippen LogP contribution < -0.4 is 28.7 Å².